The van der Waals surface area contributed by atoms with Crippen LogP contribution in [-0.2, 0) is 13.0 Å². The molecule has 6 nitrogen and oxygen atoms in total. The third kappa shape index (κ3) is 3.10. The average molecular weight is 328 g/mol. The van der Waals surface area contributed by atoms with Crippen LogP contribution >= 0.6 is 11.3 Å². The highest BCUT2D eigenvalue weighted by Crippen LogP contribution is 2.42. The highest BCUT2D eigenvalue weighted by Gasteiger charge is 2.27. The number of carbonyl (C=O) groups is 2. The van der Waals surface area contributed by atoms with Crippen molar-refractivity contribution in [2.75, 3.05) is 5.32 Å². The molecule has 2 aliphatic rings. The van der Waals surface area contributed by atoms with E-state index >= 15 is 0 Å². The maximum Gasteiger partial charge on any atom is 0.321 e. The summed E-state index contributed by atoms with van der Waals surface area (Å²) in [4.78, 5) is 23.5. The van der Waals surface area contributed by atoms with E-state index in [4.69, 9.17) is 0 Å². The number of ketones is 1. The minimum atomic E-state index is -0.292. The summed E-state index contributed by atoms with van der Waals surface area (Å²) in [5, 5.41) is 15.1. The predicted molar refractivity (Wildman–Crippen MR) is 86.8 cm³/mol. The number of aromatic nitrogens is 2. The minimum absolute atomic E-state index is 0.208. The van der Waals surface area contributed by atoms with Gasteiger partial charge in [0.2, 0.25) is 5.13 Å². The van der Waals surface area contributed by atoms with Crippen molar-refractivity contribution in [3.8, 4) is 0 Å². The van der Waals surface area contributed by atoms with Crippen molar-refractivity contribution >= 4 is 28.3 Å². The standard InChI is InChI=1S/C16H16N4O2S/c21-13-6-4-11-7-9(1-5-12(11)13)8-17-15(22)18-16-20-19-14(23-16)10-2-3-10/h1,5,7,10H,2-4,6,8H2,(H2,17,18,20,22). The number of hydrogen-bond donors (Lipinski definition) is 2. The van der Waals surface area contributed by atoms with Crippen LogP contribution in [0, 0.1) is 0 Å². The lowest BCUT2D eigenvalue weighted by Crippen LogP contribution is -2.28. The van der Waals surface area contributed by atoms with Crippen molar-refractivity contribution in [3.05, 3.63) is 39.9 Å². The molecule has 4 rings (SSSR count). The predicted octanol–water partition coefficient (Wildman–Crippen LogP) is 2.87. The van der Waals surface area contributed by atoms with E-state index in [9.17, 15) is 9.59 Å². The first-order valence-corrected chi connectivity index (χ1v) is 8.54. The van der Waals surface area contributed by atoms with E-state index in [1.165, 1.54) is 24.2 Å². The van der Waals surface area contributed by atoms with Crippen LogP contribution in [0.4, 0.5) is 9.93 Å². The lowest BCUT2D eigenvalue weighted by atomic mass is 10.1. The first-order chi connectivity index (χ1) is 11.2. The van der Waals surface area contributed by atoms with E-state index in [-0.39, 0.29) is 11.8 Å². The Kier molecular flexibility index (Phi) is 3.57. The van der Waals surface area contributed by atoms with Crippen molar-refractivity contribution in [3.63, 3.8) is 0 Å². The van der Waals surface area contributed by atoms with Gasteiger partial charge in [-0.1, -0.05) is 29.5 Å². The summed E-state index contributed by atoms with van der Waals surface area (Å²) in [7, 11) is 0. The highest BCUT2D eigenvalue weighted by molar-refractivity contribution is 7.15. The molecule has 1 saturated carbocycles. The Morgan fingerprint density at radius 1 is 1.26 bits per heavy atom. The lowest BCUT2D eigenvalue weighted by Gasteiger charge is -2.07. The second kappa shape index (κ2) is 5.73. The van der Waals surface area contributed by atoms with Crippen LogP contribution in [0.15, 0.2) is 18.2 Å². The molecule has 0 spiro atoms. The maximum atomic E-state index is 11.9. The quantitative estimate of drug-likeness (QED) is 0.904. The summed E-state index contributed by atoms with van der Waals surface area (Å²) >= 11 is 1.44. The molecule has 1 fully saturated rings. The smallest absolute Gasteiger partial charge is 0.321 e. The largest absolute Gasteiger partial charge is 0.334 e. The van der Waals surface area contributed by atoms with Gasteiger partial charge >= 0.3 is 6.03 Å². The molecule has 23 heavy (non-hydrogen) atoms. The molecule has 0 saturated heterocycles. The molecule has 1 heterocycles. The van der Waals surface area contributed by atoms with Crippen LogP contribution in [0.3, 0.4) is 0 Å². The molecule has 2 aromatic rings. The number of Topliss-reactive ketones (excluding diaryl/α,β-unsaturated/α-hetero) is 1. The third-order valence-corrected chi connectivity index (χ3v) is 5.13. The van der Waals surface area contributed by atoms with Gasteiger partial charge in [-0.3, -0.25) is 10.1 Å². The van der Waals surface area contributed by atoms with Crippen LogP contribution in [-0.4, -0.2) is 22.0 Å². The SMILES string of the molecule is O=C(NCc1ccc2c(c1)CCC2=O)Nc1nnc(C2CC2)s1. The van der Waals surface area contributed by atoms with Gasteiger partial charge in [-0.25, -0.2) is 4.79 Å². The van der Waals surface area contributed by atoms with Crippen molar-refractivity contribution in [2.24, 2.45) is 0 Å². The monoisotopic (exact) mass is 328 g/mol. The summed E-state index contributed by atoms with van der Waals surface area (Å²) in [5.74, 6) is 0.750. The zero-order chi connectivity index (χ0) is 15.8. The zero-order valence-electron chi connectivity index (χ0n) is 12.5. The van der Waals surface area contributed by atoms with Crippen LogP contribution < -0.4 is 10.6 Å². The van der Waals surface area contributed by atoms with E-state index in [0.717, 1.165) is 28.1 Å². The first-order valence-electron chi connectivity index (χ1n) is 7.72. The average Bonchev–Trinajstić information content (AvgIpc) is 3.20. The number of anilines is 1. The Labute approximate surface area is 137 Å². The van der Waals surface area contributed by atoms with Crippen molar-refractivity contribution in [2.45, 2.75) is 38.1 Å². The van der Waals surface area contributed by atoms with Gasteiger partial charge in [0.05, 0.1) is 0 Å². The van der Waals surface area contributed by atoms with E-state index in [0.29, 0.717) is 24.0 Å². The second-order valence-electron chi connectivity index (χ2n) is 5.94. The Morgan fingerprint density at radius 3 is 2.96 bits per heavy atom. The molecular weight excluding hydrogens is 312 g/mol. The summed E-state index contributed by atoms with van der Waals surface area (Å²) in [6.07, 6.45) is 3.72. The molecule has 1 aromatic heterocycles. The molecule has 0 atom stereocenters. The van der Waals surface area contributed by atoms with Gasteiger partial charge in [-0.2, -0.15) is 0 Å². The van der Waals surface area contributed by atoms with Crippen molar-refractivity contribution in [1.29, 1.82) is 0 Å². The molecule has 2 amide bonds. The molecule has 7 heteroatoms. The number of fused-ring (bicyclic) bond motifs is 1. The van der Waals surface area contributed by atoms with E-state index in [1.54, 1.807) is 0 Å². The number of benzene rings is 1. The number of nitrogens with one attached hydrogen (secondary N) is 2. The molecule has 0 bridgehead atoms. The van der Waals surface area contributed by atoms with Gasteiger partial charge in [0, 0.05) is 24.4 Å². The fourth-order valence-electron chi connectivity index (χ4n) is 2.72. The number of nitrogens with zero attached hydrogens (tertiary/aromatic N) is 2. The summed E-state index contributed by atoms with van der Waals surface area (Å²) in [6, 6.07) is 5.45. The Bertz CT molecular complexity index is 782. The van der Waals surface area contributed by atoms with Gasteiger partial charge < -0.3 is 5.32 Å². The van der Waals surface area contributed by atoms with E-state index < -0.39 is 0 Å². The molecule has 1 aromatic carbocycles. The summed E-state index contributed by atoms with van der Waals surface area (Å²) in [5.41, 5.74) is 2.89. The van der Waals surface area contributed by atoms with Gasteiger partial charge in [0.15, 0.2) is 5.78 Å². The number of rotatable bonds is 4. The van der Waals surface area contributed by atoms with Gasteiger partial charge in [0.1, 0.15) is 5.01 Å². The van der Waals surface area contributed by atoms with Crippen molar-refractivity contribution < 1.29 is 9.59 Å². The fraction of sp³-hybridized carbons (Fsp3) is 0.375. The molecule has 0 unspecified atom stereocenters. The third-order valence-electron chi connectivity index (χ3n) is 4.13. The number of carbonyl (C=O) groups excluding carboxylic acids is 2. The second-order valence-corrected chi connectivity index (χ2v) is 6.95. The topological polar surface area (TPSA) is 84.0 Å². The molecule has 0 radical (unpaired) electrons. The van der Waals surface area contributed by atoms with Crippen LogP contribution in [0.2, 0.25) is 0 Å². The Hall–Kier alpha value is -2.28. The van der Waals surface area contributed by atoms with Gasteiger partial charge in [-0.15, -0.1) is 10.2 Å². The molecular formula is C16H16N4O2S. The molecule has 2 aliphatic carbocycles. The Morgan fingerprint density at radius 2 is 2.13 bits per heavy atom. The van der Waals surface area contributed by atoms with E-state index in [2.05, 4.69) is 20.8 Å². The zero-order valence-corrected chi connectivity index (χ0v) is 13.3. The summed E-state index contributed by atoms with van der Waals surface area (Å²) < 4.78 is 0. The molecule has 2 N–H and O–H groups in total. The van der Waals surface area contributed by atoms with Crippen LogP contribution in [0.25, 0.3) is 0 Å². The number of aryl methyl sites for hydroxylation is 1. The number of amides is 2. The van der Waals surface area contributed by atoms with Gasteiger partial charge in [0.25, 0.3) is 0 Å². The fourth-order valence-corrected chi connectivity index (χ4v) is 3.63. The first kappa shape index (κ1) is 14.3. The number of hydrogen-bond acceptors (Lipinski definition) is 5. The van der Waals surface area contributed by atoms with E-state index in [1.807, 2.05) is 18.2 Å². The molecule has 118 valence electrons. The van der Waals surface area contributed by atoms with Crippen molar-refractivity contribution in [1.82, 2.24) is 15.5 Å². The summed E-state index contributed by atoms with van der Waals surface area (Å²) in [6.45, 7) is 0.418. The van der Waals surface area contributed by atoms with Gasteiger partial charge in [-0.05, 0) is 30.4 Å². The lowest BCUT2D eigenvalue weighted by molar-refractivity contribution is 0.0994. The van der Waals surface area contributed by atoms with Crippen LogP contribution in [0.5, 0.6) is 0 Å². The maximum absolute atomic E-state index is 11.9. The Balaban J connectivity index is 1.33. The number of urea groups is 1. The highest BCUT2D eigenvalue weighted by atomic mass is 32.1. The van der Waals surface area contributed by atoms with Crippen LogP contribution in [0.1, 0.15) is 51.7 Å². The molecule has 0 aliphatic heterocycles. The minimum Gasteiger partial charge on any atom is -0.334 e. The normalized spacial score (nSPS) is 16.3.